The molecule has 0 aliphatic heterocycles. The molecule has 1 nitrogen and oxygen atoms in total. The van der Waals surface area contributed by atoms with Crippen LogP contribution >= 0.6 is 0 Å². The molecule has 3 rings (SSSR count). The highest BCUT2D eigenvalue weighted by Crippen LogP contribution is 2.27. The number of aryl methyl sites for hydroxylation is 1. The van der Waals surface area contributed by atoms with E-state index in [-0.39, 0.29) is 0 Å². The SMILES string of the molecule is CCCCCC1=CCC(OCc2ccc(CCC3CC=C(C)CC3)cc2)CC1. The second-order valence-electron chi connectivity index (χ2n) is 9.07. The van der Waals surface area contributed by atoms with Gasteiger partial charge in [0.05, 0.1) is 12.7 Å². The first-order valence-corrected chi connectivity index (χ1v) is 11.8. The van der Waals surface area contributed by atoms with Gasteiger partial charge in [0.2, 0.25) is 0 Å². The zero-order valence-corrected chi connectivity index (χ0v) is 18.2. The van der Waals surface area contributed by atoms with Crippen molar-refractivity contribution in [2.75, 3.05) is 0 Å². The van der Waals surface area contributed by atoms with Crippen molar-refractivity contribution in [2.24, 2.45) is 5.92 Å². The zero-order valence-electron chi connectivity index (χ0n) is 18.2. The third kappa shape index (κ3) is 7.24. The summed E-state index contributed by atoms with van der Waals surface area (Å²) in [5.74, 6) is 0.887. The van der Waals surface area contributed by atoms with Crippen molar-refractivity contribution in [1.29, 1.82) is 0 Å². The van der Waals surface area contributed by atoms with Crippen molar-refractivity contribution in [1.82, 2.24) is 0 Å². The molecular formula is C27H40O. The van der Waals surface area contributed by atoms with Crippen molar-refractivity contribution in [2.45, 2.75) is 104 Å². The van der Waals surface area contributed by atoms with E-state index in [1.807, 2.05) is 0 Å². The van der Waals surface area contributed by atoms with E-state index < -0.39 is 0 Å². The summed E-state index contributed by atoms with van der Waals surface area (Å²) in [6.45, 7) is 5.31. The second kappa shape index (κ2) is 11.6. The predicted molar refractivity (Wildman–Crippen MR) is 121 cm³/mol. The fourth-order valence-corrected chi connectivity index (χ4v) is 4.51. The third-order valence-electron chi connectivity index (χ3n) is 6.65. The van der Waals surface area contributed by atoms with Gasteiger partial charge in [0.1, 0.15) is 0 Å². The van der Waals surface area contributed by atoms with E-state index in [9.17, 15) is 0 Å². The van der Waals surface area contributed by atoms with Crippen LogP contribution in [0.5, 0.6) is 0 Å². The topological polar surface area (TPSA) is 9.23 Å². The second-order valence-corrected chi connectivity index (χ2v) is 9.07. The molecule has 0 fully saturated rings. The summed E-state index contributed by atoms with van der Waals surface area (Å²) < 4.78 is 6.20. The van der Waals surface area contributed by atoms with Crippen LogP contribution in [0.25, 0.3) is 0 Å². The summed E-state index contributed by atoms with van der Waals surface area (Å²) in [6.07, 6.45) is 20.7. The molecule has 0 amide bonds. The molecule has 1 aromatic carbocycles. The quantitative estimate of drug-likeness (QED) is 0.296. The molecule has 0 aromatic heterocycles. The fourth-order valence-electron chi connectivity index (χ4n) is 4.51. The van der Waals surface area contributed by atoms with Gasteiger partial charge >= 0.3 is 0 Å². The van der Waals surface area contributed by atoms with Crippen LogP contribution in [0, 0.1) is 5.92 Å². The van der Waals surface area contributed by atoms with Crippen LogP contribution in [-0.2, 0) is 17.8 Å². The van der Waals surface area contributed by atoms with Gasteiger partial charge in [-0.05, 0) is 88.2 Å². The summed E-state index contributed by atoms with van der Waals surface area (Å²) in [5, 5.41) is 0. The highest BCUT2D eigenvalue weighted by Gasteiger charge is 2.15. The van der Waals surface area contributed by atoms with Crippen molar-refractivity contribution >= 4 is 0 Å². The molecule has 2 aliphatic carbocycles. The summed E-state index contributed by atoms with van der Waals surface area (Å²) in [6, 6.07) is 9.18. The van der Waals surface area contributed by atoms with Crippen LogP contribution in [0.1, 0.15) is 95.6 Å². The Labute approximate surface area is 173 Å². The Bertz CT molecular complexity index is 637. The van der Waals surface area contributed by atoms with Gasteiger partial charge in [0.25, 0.3) is 0 Å². The molecule has 2 unspecified atom stereocenters. The largest absolute Gasteiger partial charge is 0.373 e. The molecule has 0 N–H and O–H groups in total. The minimum Gasteiger partial charge on any atom is -0.373 e. The third-order valence-corrected chi connectivity index (χ3v) is 6.65. The first kappa shape index (κ1) is 21.4. The van der Waals surface area contributed by atoms with Crippen molar-refractivity contribution < 1.29 is 4.74 Å². The van der Waals surface area contributed by atoms with E-state index in [0.29, 0.717) is 6.10 Å². The molecule has 28 heavy (non-hydrogen) atoms. The number of hydrogen-bond donors (Lipinski definition) is 0. The first-order valence-electron chi connectivity index (χ1n) is 11.8. The lowest BCUT2D eigenvalue weighted by molar-refractivity contribution is 0.0340. The minimum absolute atomic E-state index is 0.414. The highest BCUT2D eigenvalue weighted by atomic mass is 16.5. The number of benzene rings is 1. The van der Waals surface area contributed by atoms with Crippen LogP contribution in [0.2, 0.25) is 0 Å². The molecule has 0 spiro atoms. The number of hydrogen-bond acceptors (Lipinski definition) is 1. The van der Waals surface area contributed by atoms with Crippen LogP contribution in [-0.4, -0.2) is 6.10 Å². The zero-order chi connectivity index (χ0) is 19.6. The van der Waals surface area contributed by atoms with E-state index in [0.717, 1.165) is 18.9 Å². The molecule has 0 saturated heterocycles. The number of ether oxygens (including phenoxy) is 1. The molecule has 0 radical (unpaired) electrons. The van der Waals surface area contributed by atoms with Crippen molar-refractivity contribution in [3.05, 3.63) is 58.7 Å². The monoisotopic (exact) mass is 380 g/mol. The average molecular weight is 381 g/mol. The van der Waals surface area contributed by atoms with Gasteiger partial charge in [-0.2, -0.15) is 0 Å². The molecule has 2 atom stereocenters. The van der Waals surface area contributed by atoms with Crippen LogP contribution in [0.15, 0.2) is 47.6 Å². The van der Waals surface area contributed by atoms with E-state index >= 15 is 0 Å². The molecule has 1 aromatic rings. The molecule has 0 bridgehead atoms. The maximum absolute atomic E-state index is 6.20. The number of unbranched alkanes of at least 4 members (excludes halogenated alkanes) is 2. The van der Waals surface area contributed by atoms with Crippen molar-refractivity contribution in [3.8, 4) is 0 Å². The summed E-state index contributed by atoms with van der Waals surface area (Å²) >= 11 is 0. The lowest BCUT2D eigenvalue weighted by Gasteiger charge is -2.22. The van der Waals surface area contributed by atoms with Crippen LogP contribution in [0.3, 0.4) is 0 Å². The van der Waals surface area contributed by atoms with Gasteiger partial charge in [-0.15, -0.1) is 0 Å². The number of rotatable bonds is 10. The van der Waals surface area contributed by atoms with Gasteiger partial charge in [-0.1, -0.05) is 67.3 Å². The van der Waals surface area contributed by atoms with Gasteiger partial charge < -0.3 is 4.74 Å². The Hall–Kier alpha value is -1.34. The van der Waals surface area contributed by atoms with Crippen LogP contribution < -0.4 is 0 Å². The number of allylic oxidation sites excluding steroid dienone is 3. The molecular weight excluding hydrogens is 340 g/mol. The Morgan fingerprint density at radius 3 is 2.39 bits per heavy atom. The minimum atomic E-state index is 0.414. The lowest BCUT2D eigenvalue weighted by Crippen LogP contribution is -2.16. The summed E-state index contributed by atoms with van der Waals surface area (Å²) in [7, 11) is 0. The van der Waals surface area contributed by atoms with Crippen LogP contribution in [0.4, 0.5) is 0 Å². The van der Waals surface area contributed by atoms with Crippen molar-refractivity contribution in [3.63, 3.8) is 0 Å². The summed E-state index contributed by atoms with van der Waals surface area (Å²) in [4.78, 5) is 0. The Morgan fingerprint density at radius 1 is 0.893 bits per heavy atom. The Kier molecular flexibility index (Phi) is 8.86. The summed E-state index contributed by atoms with van der Waals surface area (Å²) in [5.41, 5.74) is 6.05. The van der Waals surface area contributed by atoms with Gasteiger partial charge in [0, 0.05) is 0 Å². The fraction of sp³-hybridized carbons (Fsp3) is 0.630. The van der Waals surface area contributed by atoms with E-state index in [1.165, 1.54) is 81.8 Å². The Morgan fingerprint density at radius 2 is 1.71 bits per heavy atom. The molecule has 0 saturated carbocycles. The van der Waals surface area contributed by atoms with E-state index in [2.05, 4.69) is 50.3 Å². The smallest absolute Gasteiger partial charge is 0.0720 e. The first-order chi connectivity index (χ1) is 13.7. The van der Waals surface area contributed by atoms with E-state index in [4.69, 9.17) is 4.74 Å². The van der Waals surface area contributed by atoms with Gasteiger partial charge in [0.15, 0.2) is 0 Å². The molecule has 154 valence electrons. The van der Waals surface area contributed by atoms with Gasteiger partial charge in [-0.3, -0.25) is 0 Å². The average Bonchev–Trinajstić information content (AvgIpc) is 2.74. The standard InChI is InChI=1S/C27H40O/c1-3-4-5-6-23-17-19-27(20-18-23)28-21-26-15-13-25(14-16-26)12-11-24-9-7-22(2)8-10-24/h7,13-17,24,27H,3-6,8-12,18-21H2,1-2H3. The maximum atomic E-state index is 6.20. The van der Waals surface area contributed by atoms with E-state index in [1.54, 1.807) is 11.1 Å². The Balaban J connectivity index is 1.34. The van der Waals surface area contributed by atoms with Gasteiger partial charge in [-0.25, -0.2) is 0 Å². The predicted octanol–water partition coefficient (Wildman–Crippen LogP) is 7.94. The normalized spacial score (nSPS) is 22.6. The molecule has 0 heterocycles. The lowest BCUT2D eigenvalue weighted by atomic mass is 9.86. The molecule has 2 aliphatic rings. The molecule has 1 heteroatoms. The highest BCUT2D eigenvalue weighted by molar-refractivity contribution is 5.22. The maximum Gasteiger partial charge on any atom is 0.0720 e.